The van der Waals surface area contributed by atoms with Crippen LogP contribution in [0.2, 0.25) is 0 Å². The van der Waals surface area contributed by atoms with Crippen LogP contribution in [0.4, 0.5) is 11.4 Å². The van der Waals surface area contributed by atoms with Crippen LogP contribution in [0, 0.1) is 0 Å². The maximum atomic E-state index is 13.4. The first-order valence-corrected chi connectivity index (χ1v) is 14.7. The quantitative estimate of drug-likeness (QED) is 0.121. The highest BCUT2D eigenvalue weighted by Gasteiger charge is 2.17. The minimum atomic E-state index is -0.533. The third-order valence-corrected chi connectivity index (χ3v) is 7.21. The van der Waals surface area contributed by atoms with E-state index in [1.54, 1.807) is 84.9 Å². The molecule has 4 aromatic rings. The number of methoxy groups -OCH3 is 2. The van der Waals surface area contributed by atoms with Gasteiger partial charge < -0.3 is 30.2 Å². The third kappa shape index (κ3) is 9.14. The maximum Gasteiger partial charge on any atom is 0.272 e. The molecule has 9 nitrogen and oxygen atoms in total. The number of ether oxygens (including phenoxy) is 3. The monoisotopic (exact) mass is 611 g/mol. The summed E-state index contributed by atoms with van der Waals surface area (Å²) in [5.74, 6) is 0.894. The van der Waals surface area contributed by atoms with Gasteiger partial charge in [0.05, 0.1) is 26.6 Å². The van der Waals surface area contributed by atoms with Crippen LogP contribution >= 0.6 is 11.8 Å². The van der Waals surface area contributed by atoms with Crippen molar-refractivity contribution >= 4 is 46.9 Å². The average Bonchev–Trinajstić information content (AvgIpc) is 3.05. The van der Waals surface area contributed by atoms with E-state index in [0.717, 1.165) is 10.6 Å². The molecule has 0 bridgehead atoms. The second-order valence-electron chi connectivity index (χ2n) is 9.26. The van der Waals surface area contributed by atoms with Crippen LogP contribution in [0.5, 0.6) is 17.2 Å². The summed E-state index contributed by atoms with van der Waals surface area (Å²) >= 11 is 1.36. The Morgan fingerprint density at radius 2 is 1.43 bits per heavy atom. The van der Waals surface area contributed by atoms with Crippen molar-refractivity contribution in [2.24, 2.45) is 0 Å². The lowest BCUT2D eigenvalue weighted by molar-refractivity contribution is -0.114. The van der Waals surface area contributed by atoms with Crippen LogP contribution in [0.15, 0.2) is 108 Å². The van der Waals surface area contributed by atoms with Crippen LogP contribution < -0.4 is 30.2 Å². The molecule has 0 atom stereocenters. The molecule has 4 rings (SSSR count). The minimum Gasteiger partial charge on any atom is -0.497 e. The van der Waals surface area contributed by atoms with Gasteiger partial charge >= 0.3 is 0 Å². The van der Waals surface area contributed by atoms with E-state index in [4.69, 9.17) is 14.2 Å². The second kappa shape index (κ2) is 15.9. The first kappa shape index (κ1) is 31.7. The molecule has 3 N–H and O–H groups in total. The van der Waals surface area contributed by atoms with Gasteiger partial charge in [0, 0.05) is 27.4 Å². The van der Waals surface area contributed by atoms with E-state index in [0.29, 0.717) is 40.6 Å². The predicted molar refractivity (Wildman–Crippen MR) is 173 cm³/mol. The molecule has 0 spiro atoms. The molecule has 0 heterocycles. The molecule has 0 saturated carbocycles. The second-order valence-corrected chi connectivity index (χ2v) is 10.3. The van der Waals surface area contributed by atoms with Gasteiger partial charge in [-0.15, -0.1) is 11.8 Å². The highest BCUT2D eigenvalue weighted by Crippen LogP contribution is 2.27. The zero-order valence-electron chi connectivity index (χ0n) is 24.6. The zero-order chi connectivity index (χ0) is 31.3. The van der Waals surface area contributed by atoms with Crippen LogP contribution in [-0.4, -0.2) is 44.3 Å². The van der Waals surface area contributed by atoms with Crippen molar-refractivity contribution in [2.45, 2.75) is 11.8 Å². The molecule has 4 aromatic carbocycles. The lowest BCUT2D eigenvalue weighted by atomic mass is 10.1. The number of hydrogen-bond donors (Lipinski definition) is 3. The molecule has 0 aliphatic rings. The van der Waals surface area contributed by atoms with Crippen molar-refractivity contribution in [3.63, 3.8) is 0 Å². The molecule has 0 aromatic heterocycles. The van der Waals surface area contributed by atoms with Gasteiger partial charge in [0.25, 0.3) is 11.8 Å². The van der Waals surface area contributed by atoms with E-state index in [2.05, 4.69) is 16.0 Å². The average molecular weight is 612 g/mol. The molecule has 0 saturated heterocycles. The molecular formula is C34H33N3O6S. The Morgan fingerprint density at radius 1 is 0.773 bits per heavy atom. The van der Waals surface area contributed by atoms with Crippen molar-refractivity contribution < 1.29 is 28.6 Å². The molecule has 0 fully saturated rings. The molecule has 0 radical (unpaired) electrons. The Hall–Kier alpha value is -5.22. The van der Waals surface area contributed by atoms with E-state index < -0.39 is 11.8 Å². The number of nitrogens with one attached hydrogen (secondary N) is 3. The summed E-state index contributed by atoms with van der Waals surface area (Å²) < 4.78 is 16.2. The van der Waals surface area contributed by atoms with E-state index in [-0.39, 0.29) is 17.4 Å². The van der Waals surface area contributed by atoms with Gasteiger partial charge in [0.2, 0.25) is 5.91 Å². The number of rotatable bonds is 13. The van der Waals surface area contributed by atoms with Crippen molar-refractivity contribution in [3.8, 4) is 17.2 Å². The summed E-state index contributed by atoms with van der Waals surface area (Å²) in [5, 5.41) is 8.42. The normalized spacial score (nSPS) is 10.8. The van der Waals surface area contributed by atoms with Crippen LogP contribution in [0.3, 0.4) is 0 Å². The number of carbonyl (C=O) groups is 3. The summed E-state index contributed by atoms with van der Waals surface area (Å²) in [7, 11) is 3.06. The van der Waals surface area contributed by atoms with E-state index >= 15 is 0 Å². The van der Waals surface area contributed by atoms with Crippen LogP contribution in [0.1, 0.15) is 22.8 Å². The van der Waals surface area contributed by atoms with Crippen LogP contribution in [-0.2, 0) is 9.59 Å². The summed E-state index contributed by atoms with van der Waals surface area (Å²) in [4.78, 5) is 39.7. The molecular weight excluding hydrogens is 578 g/mol. The Morgan fingerprint density at radius 3 is 2.09 bits per heavy atom. The van der Waals surface area contributed by atoms with Crippen molar-refractivity contribution in [1.29, 1.82) is 0 Å². The third-order valence-electron chi connectivity index (χ3n) is 6.20. The van der Waals surface area contributed by atoms with Gasteiger partial charge in [-0.2, -0.15) is 0 Å². The standard InChI is InChI=1S/C34H33N3O6S/c1-4-43-27-14-10-25(11-15-27)35-32(38)22-44-29-17-12-26(13-18-29)36-34(40)30(37-33(39)23-8-6-5-7-9-23)21-24-20-28(41-2)16-19-31(24)42-3/h5-21H,4,22H2,1-3H3,(H,35,38)(H,36,40)(H,37,39)/b30-21-. The Bertz CT molecular complexity index is 1610. The summed E-state index contributed by atoms with van der Waals surface area (Å²) in [6, 6.07) is 28.0. The topological polar surface area (TPSA) is 115 Å². The molecule has 44 heavy (non-hydrogen) atoms. The smallest absolute Gasteiger partial charge is 0.272 e. The number of thioether (sulfide) groups is 1. The fraction of sp³-hybridized carbons (Fsp3) is 0.147. The fourth-order valence-corrected chi connectivity index (χ4v) is 4.73. The van der Waals surface area contributed by atoms with Gasteiger partial charge in [-0.1, -0.05) is 18.2 Å². The van der Waals surface area contributed by atoms with E-state index in [1.165, 1.54) is 32.1 Å². The summed E-state index contributed by atoms with van der Waals surface area (Å²) in [5.41, 5.74) is 2.15. The fourth-order valence-electron chi connectivity index (χ4n) is 4.03. The Labute approximate surface area is 260 Å². The number of carbonyl (C=O) groups excluding carboxylic acids is 3. The summed E-state index contributed by atoms with van der Waals surface area (Å²) in [6.45, 7) is 2.49. The van der Waals surface area contributed by atoms with Crippen molar-refractivity contribution in [1.82, 2.24) is 5.32 Å². The highest BCUT2D eigenvalue weighted by atomic mass is 32.2. The minimum absolute atomic E-state index is 0.00909. The first-order valence-electron chi connectivity index (χ1n) is 13.8. The Kier molecular flexibility index (Phi) is 11.4. The molecule has 3 amide bonds. The van der Waals surface area contributed by atoms with Gasteiger partial charge in [-0.25, -0.2) is 0 Å². The van der Waals surface area contributed by atoms with Gasteiger partial charge in [-0.05, 0) is 91.9 Å². The lowest BCUT2D eigenvalue weighted by Gasteiger charge is -2.13. The van der Waals surface area contributed by atoms with Crippen molar-refractivity contribution in [3.05, 3.63) is 114 Å². The largest absolute Gasteiger partial charge is 0.497 e. The summed E-state index contributed by atoms with van der Waals surface area (Å²) in [6.07, 6.45) is 1.53. The molecule has 0 aliphatic carbocycles. The van der Waals surface area contributed by atoms with Crippen LogP contribution in [0.25, 0.3) is 6.08 Å². The van der Waals surface area contributed by atoms with Crippen molar-refractivity contribution in [2.75, 3.05) is 37.2 Å². The molecule has 226 valence electrons. The van der Waals surface area contributed by atoms with Gasteiger partial charge in [0.1, 0.15) is 22.9 Å². The predicted octanol–water partition coefficient (Wildman–Crippen LogP) is 6.24. The van der Waals surface area contributed by atoms with E-state index in [9.17, 15) is 14.4 Å². The number of hydrogen-bond acceptors (Lipinski definition) is 7. The first-order chi connectivity index (χ1) is 21.4. The highest BCUT2D eigenvalue weighted by molar-refractivity contribution is 8.00. The van der Waals surface area contributed by atoms with Gasteiger partial charge in [0.15, 0.2) is 0 Å². The molecule has 0 aliphatic heterocycles. The number of anilines is 2. The number of benzene rings is 4. The maximum absolute atomic E-state index is 13.4. The number of amides is 3. The molecule has 10 heteroatoms. The zero-order valence-corrected chi connectivity index (χ0v) is 25.4. The Balaban J connectivity index is 1.43. The SMILES string of the molecule is CCOc1ccc(NC(=O)CSc2ccc(NC(=O)/C(=C/c3cc(OC)ccc3OC)NC(=O)c3ccccc3)cc2)cc1. The van der Waals surface area contributed by atoms with Gasteiger partial charge in [-0.3, -0.25) is 14.4 Å². The molecule has 0 unspecified atom stereocenters. The lowest BCUT2D eigenvalue weighted by Crippen LogP contribution is -2.30. The van der Waals surface area contributed by atoms with E-state index in [1.807, 2.05) is 19.1 Å².